The molecule has 58 heavy (non-hydrogen) atoms. The Morgan fingerprint density at radius 2 is 1.36 bits per heavy atom. The zero-order valence-electron chi connectivity index (χ0n) is 35.4. The third kappa shape index (κ3) is 14.9. The smallest absolute Gasteiger partial charge is 0.410 e. The van der Waals surface area contributed by atoms with Crippen LogP contribution in [0.4, 0.5) is 9.59 Å². The Balaban J connectivity index is 1.32. The average Bonchev–Trinajstić information content (AvgIpc) is 3.63. The Labute approximate surface area is 343 Å². The molecule has 4 amide bonds. The summed E-state index contributed by atoms with van der Waals surface area (Å²) in [6, 6.07) is 3.04. The van der Waals surface area contributed by atoms with Gasteiger partial charge in [-0.2, -0.15) is 4.72 Å². The quantitative estimate of drug-likeness (QED) is 0.156. The second kappa shape index (κ2) is 20.7. The number of sulfonamides is 1. The molecule has 0 radical (unpaired) electrons. The number of piperidine rings is 2. The van der Waals surface area contributed by atoms with Gasteiger partial charge in [0, 0.05) is 45.1 Å². The Kier molecular flexibility index (Phi) is 16.6. The summed E-state index contributed by atoms with van der Waals surface area (Å²) in [5.74, 6) is -0.842. The number of amides is 4. The normalized spacial score (nSPS) is 17.2. The lowest BCUT2D eigenvalue weighted by atomic mass is 9.84. The third-order valence-electron chi connectivity index (χ3n) is 10.5. The van der Waals surface area contributed by atoms with Crippen molar-refractivity contribution < 1.29 is 51.3 Å². The van der Waals surface area contributed by atoms with Crippen LogP contribution in [0.15, 0.2) is 23.1 Å². The molecule has 1 aromatic carbocycles. The molecule has 3 heterocycles. The first kappa shape index (κ1) is 46.6. The van der Waals surface area contributed by atoms with E-state index in [0.29, 0.717) is 69.6 Å². The lowest BCUT2D eigenvalue weighted by Gasteiger charge is -2.34. The van der Waals surface area contributed by atoms with Crippen molar-refractivity contribution >= 4 is 40.0 Å². The van der Waals surface area contributed by atoms with Gasteiger partial charge in [-0.05, 0) is 135 Å². The molecule has 3 N–H and O–H groups in total. The molecule has 0 aromatic heterocycles. The molecule has 326 valence electrons. The minimum Gasteiger partial charge on any atom is -0.493 e. The van der Waals surface area contributed by atoms with E-state index in [-0.39, 0.29) is 42.1 Å². The Hall–Kier alpha value is -4.12. The van der Waals surface area contributed by atoms with Crippen LogP contribution in [-0.2, 0) is 45.0 Å². The van der Waals surface area contributed by atoms with E-state index >= 15 is 0 Å². The van der Waals surface area contributed by atoms with Gasteiger partial charge in [0.05, 0.1) is 24.7 Å². The number of fused-ring (bicyclic) bond motifs is 1. The largest absolute Gasteiger partial charge is 0.493 e. The molecule has 4 rings (SSSR count). The number of nitrogens with one attached hydrogen (secondary N) is 3. The van der Waals surface area contributed by atoms with Crippen LogP contribution >= 0.6 is 0 Å². The zero-order valence-corrected chi connectivity index (χ0v) is 36.2. The maximum absolute atomic E-state index is 13.7. The van der Waals surface area contributed by atoms with Gasteiger partial charge in [-0.3, -0.25) is 14.4 Å². The number of rotatable bonds is 16. The van der Waals surface area contributed by atoms with Crippen molar-refractivity contribution in [2.45, 2.75) is 128 Å². The van der Waals surface area contributed by atoms with E-state index in [1.165, 1.54) is 12.1 Å². The van der Waals surface area contributed by atoms with Crippen LogP contribution in [0.2, 0.25) is 0 Å². The first-order chi connectivity index (χ1) is 27.2. The van der Waals surface area contributed by atoms with Crippen molar-refractivity contribution in [2.24, 2.45) is 17.8 Å². The van der Waals surface area contributed by atoms with Gasteiger partial charge in [-0.25, -0.2) is 18.0 Å². The van der Waals surface area contributed by atoms with E-state index < -0.39 is 45.7 Å². The van der Waals surface area contributed by atoms with Crippen molar-refractivity contribution in [3.05, 3.63) is 23.8 Å². The molecule has 2 fully saturated rings. The van der Waals surface area contributed by atoms with Crippen LogP contribution in [-0.4, -0.2) is 118 Å². The lowest BCUT2D eigenvalue weighted by Crippen LogP contribution is -2.50. The van der Waals surface area contributed by atoms with Gasteiger partial charge < -0.3 is 39.4 Å². The van der Waals surface area contributed by atoms with Gasteiger partial charge >= 0.3 is 18.2 Å². The van der Waals surface area contributed by atoms with Crippen LogP contribution in [0, 0.1) is 17.8 Å². The third-order valence-corrected chi connectivity index (χ3v) is 12.0. The van der Waals surface area contributed by atoms with E-state index in [1.54, 1.807) is 22.8 Å². The van der Waals surface area contributed by atoms with Crippen LogP contribution in [0.1, 0.15) is 105 Å². The van der Waals surface area contributed by atoms with Crippen molar-refractivity contribution in [1.29, 1.82) is 0 Å². The number of ether oxygens (including phenoxy) is 4. The van der Waals surface area contributed by atoms with Gasteiger partial charge in [0.25, 0.3) is 0 Å². The number of nitrogens with zero attached hydrogens (tertiary/aromatic N) is 2. The minimum atomic E-state index is -4.17. The van der Waals surface area contributed by atoms with E-state index in [4.69, 9.17) is 18.9 Å². The summed E-state index contributed by atoms with van der Waals surface area (Å²) in [7, 11) is -4.17. The molecule has 0 aliphatic carbocycles. The average molecular weight is 836 g/mol. The molecule has 3 aliphatic rings. The molecule has 16 nitrogen and oxygen atoms in total. The maximum Gasteiger partial charge on any atom is 0.410 e. The number of hydrogen-bond acceptors (Lipinski definition) is 11. The number of carbonyl (C=O) groups is 5. The number of likely N-dealkylation sites (tertiary alicyclic amines) is 2. The molecule has 3 aliphatic heterocycles. The highest BCUT2D eigenvalue weighted by molar-refractivity contribution is 7.89. The summed E-state index contributed by atoms with van der Waals surface area (Å²) >= 11 is 0. The molecular weight excluding hydrogens is 771 g/mol. The molecule has 1 aromatic rings. The monoisotopic (exact) mass is 835 g/mol. The van der Waals surface area contributed by atoms with Crippen molar-refractivity contribution in [3.63, 3.8) is 0 Å². The highest BCUT2D eigenvalue weighted by Crippen LogP contribution is 2.31. The summed E-state index contributed by atoms with van der Waals surface area (Å²) in [5, 5.41) is 5.33. The minimum absolute atomic E-state index is 0.00431. The van der Waals surface area contributed by atoms with Gasteiger partial charge in [-0.15, -0.1) is 0 Å². The Morgan fingerprint density at radius 1 is 0.828 bits per heavy atom. The molecule has 0 saturated carbocycles. The maximum atomic E-state index is 13.7. The highest BCUT2D eigenvalue weighted by Gasteiger charge is 2.32. The number of carbonyl (C=O) groups excluding carboxylic acids is 5. The summed E-state index contributed by atoms with van der Waals surface area (Å²) in [5.41, 5.74) is -0.405. The van der Waals surface area contributed by atoms with E-state index in [1.807, 2.05) is 41.5 Å². The van der Waals surface area contributed by atoms with Crippen LogP contribution in [0.25, 0.3) is 0 Å². The molecular formula is C41H65N5O11S. The lowest BCUT2D eigenvalue weighted by molar-refractivity contribution is -0.145. The van der Waals surface area contributed by atoms with Crippen LogP contribution < -0.4 is 20.1 Å². The van der Waals surface area contributed by atoms with E-state index in [9.17, 15) is 32.4 Å². The number of esters is 1. The molecule has 17 heteroatoms. The highest BCUT2D eigenvalue weighted by atomic mass is 32.2. The molecule has 1 atom stereocenters. The van der Waals surface area contributed by atoms with Crippen molar-refractivity contribution in [1.82, 2.24) is 25.2 Å². The Morgan fingerprint density at radius 3 is 1.86 bits per heavy atom. The topological polar surface area (TPSA) is 199 Å². The summed E-state index contributed by atoms with van der Waals surface area (Å²) in [4.78, 5) is 68.1. The van der Waals surface area contributed by atoms with Crippen LogP contribution in [0.3, 0.4) is 0 Å². The van der Waals surface area contributed by atoms with E-state index in [2.05, 4.69) is 15.4 Å². The first-order valence-corrected chi connectivity index (χ1v) is 22.2. The second-order valence-corrected chi connectivity index (χ2v) is 19.2. The fourth-order valence-electron chi connectivity index (χ4n) is 7.33. The van der Waals surface area contributed by atoms with Gasteiger partial charge in [0.15, 0.2) is 0 Å². The SMILES string of the molecule is CCOC(=O)[C@H](CNC(=O)CNC(=O)C(CCC1CCN(C(=O)OC(C)(C)C)CC1)CCC1CCN(C(=O)OC(C)(C)C)CC1)NS(=O)(=O)c1ccc2c(c1)CCO2. The summed E-state index contributed by atoms with van der Waals surface area (Å²) < 4.78 is 50.5. The Bertz CT molecular complexity index is 1640. The van der Waals surface area contributed by atoms with Gasteiger partial charge in [-0.1, -0.05) is 0 Å². The van der Waals surface area contributed by atoms with Crippen molar-refractivity contribution in [2.75, 3.05) is 52.5 Å². The van der Waals surface area contributed by atoms with Crippen LogP contribution in [0.5, 0.6) is 5.75 Å². The zero-order chi connectivity index (χ0) is 42.7. The van der Waals surface area contributed by atoms with Gasteiger partial charge in [0.1, 0.15) is 23.0 Å². The number of benzene rings is 1. The molecule has 2 saturated heterocycles. The predicted octanol–water partition coefficient (Wildman–Crippen LogP) is 4.53. The second-order valence-electron chi connectivity index (χ2n) is 17.5. The predicted molar refractivity (Wildman–Crippen MR) is 215 cm³/mol. The summed E-state index contributed by atoms with van der Waals surface area (Å²) in [6.07, 6.45) is 5.87. The van der Waals surface area contributed by atoms with E-state index in [0.717, 1.165) is 44.1 Å². The fourth-order valence-corrected chi connectivity index (χ4v) is 8.57. The van der Waals surface area contributed by atoms with Gasteiger partial charge in [0.2, 0.25) is 21.8 Å². The summed E-state index contributed by atoms with van der Waals surface area (Å²) in [6.45, 7) is 14.7. The standard InChI is InChI=1S/C41H65N5O11S/c1-8-54-37(49)33(44-58(52,53)32-13-14-34-31(25-32)19-24-55-34)26-42-35(47)27-43-36(48)30(11-9-28-15-20-45(21-16-28)38(50)56-40(2,3)4)12-10-29-17-22-46(23-18-29)39(51)57-41(5,6)7/h13-14,25,28-30,33,44H,8-12,15-24,26-27H2,1-7H3,(H,42,47)(H,43,48)/t33-/m0/s1. The first-order valence-electron chi connectivity index (χ1n) is 20.7. The molecule has 0 spiro atoms. The van der Waals surface area contributed by atoms with Crippen molar-refractivity contribution in [3.8, 4) is 5.75 Å². The molecule has 0 bridgehead atoms. The molecule has 0 unspecified atom stereocenters. The fraction of sp³-hybridized carbons (Fsp3) is 0.732. The number of hydrogen-bond donors (Lipinski definition) is 3.